The maximum Gasteiger partial charge on any atom is 0.133 e. The Hall–Kier alpha value is -0.920. The van der Waals surface area contributed by atoms with Gasteiger partial charge in [-0.1, -0.05) is 18.6 Å². The molecule has 2 heteroatoms. The third kappa shape index (κ3) is 2.67. The van der Waals surface area contributed by atoms with Crippen molar-refractivity contribution < 1.29 is 9.59 Å². The van der Waals surface area contributed by atoms with Crippen LogP contribution in [0.4, 0.5) is 0 Å². The first-order valence-corrected chi connectivity index (χ1v) is 6.86. The van der Waals surface area contributed by atoms with Gasteiger partial charge in [-0.15, -0.1) is 0 Å². The Kier molecular flexibility index (Phi) is 4.14. The molecule has 1 saturated carbocycles. The number of aldehydes is 1. The predicted molar refractivity (Wildman–Crippen MR) is 67.5 cm³/mol. The van der Waals surface area contributed by atoms with Crippen molar-refractivity contribution in [1.82, 2.24) is 0 Å². The molecule has 1 fully saturated rings. The Balaban J connectivity index is 2.05. The molecular weight excluding hydrogens is 212 g/mol. The molecule has 0 saturated heterocycles. The summed E-state index contributed by atoms with van der Waals surface area (Å²) in [6.07, 6.45) is 11.8. The number of unbranched alkanes of at least 4 members (excludes halogenated alkanes) is 1. The van der Waals surface area contributed by atoms with E-state index in [-0.39, 0.29) is 5.92 Å². The smallest absolute Gasteiger partial charge is 0.133 e. The highest BCUT2D eigenvalue weighted by atomic mass is 16.1. The van der Waals surface area contributed by atoms with Crippen molar-refractivity contribution in [2.24, 2.45) is 23.7 Å². The van der Waals surface area contributed by atoms with Gasteiger partial charge in [0.2, 0.25) is 0 Å². The van der Waals surface area contributed by atoms with Crippen LogP contribution in [0.3, 0.4) is 0 Å². The molecular formula is C15H22O2. The van der Waals surface area contributed by atoms with Gasteiger partial charge in [-0.3, -0.25) is 4.79 Å². The molecule has 0 amide bonds. The van der Waals surface area contributed by atoms with Gasteiger partial charge in [0.25, 0.3) is 0 Å². The van der Waals surface area contributed by atoms with E-state index in [2.05, 4.69) is 12.2 Å². The van der Waals surface area contributed by atoms with Crippen LogP contribution in [0, 0.1) is 23.7 Å². The quantitative estimate of drug-likeness (QED) is 0.416. The van der Waals surface area contributed by atoms with Crippen LogP contribution in [0.25, 0.3) is 0 Å². The molecule has 0 aromatic carbocycles. The Bertz CT molecular complexity index is 319. The standard InChI is InChI=1S/C15H22O2/c1-11(17)15-13(5-2-3-10-16)9-8-12-6-4-7-14(12)15/h8-10,12-15H,2-7H2,1H3/t12-,13+,14+,15+/m0/s1. The second-order valence-electron chi connectivity index (χ2n) is 5.54. The summed E-state index contributed by atoms with van der Waals surface area (Å²) in [6, 6.07) is 0. The summed E-state index contributed by atoms with van der Waals surface area (Å²) in [6.45, 7) is 1.74. The maximum absolute atomic E-state index is 11.9. The highest BCUT2D eigenvalue weighted by molar-refractivity contribution is 5.79. The minimum absolute atomic E-state index is 0.221. The Labute approximate surface area is 103 Å². The van der Waals surface area contributed by atoms with Crippen LogP contribution in [0.2, 0.25) is 0 Å². The van der Waals surface area contributed by atoms with E-state index >= 15 is 0 Å². The van der Waals surface area contributed by atoms with Gasteiger partial charge in [0.05, 0.1) is 0 Å². The van der Waals surface area contributed by atoms with Crippen LogP contribution in [0.15, 0.2) is 12.2 Å². The normalized spacial score (nSPS) is 35.6. The number of allylic oxidation sites excluding steroid dienone is 2. The van der Waals surface area contributed by atoms with Crippen molar-refractivity contribution in [1.29, 1.82) is 0 Å². The summed E-state index contributed by atoms with van der Waals surface area (Å²) in [5, 5.41) is 0. The summed E-state index contributed by atoms with van der Waals surface area (Å²) < 4.78 is 0. The minimum atomic E-state index is 0.221. The molecule has 94 valence electrons. The molecule has 2 aliphatic rings. The first-order chi connectivity index (χ1) is 8.24. The highest BCUT2D eigenvalue weighted by Crippen LogP contribution is 2.45. The molecule has 0 bridgehead atoms. The van der Waals surface area contributed by atoms with Crippen LogP contribution >= 0.6 is 0 Å². The lowest BCUT2D eigenvalue weighted by Gasteiger charge is -2.35. The lowest BCUT2D eigenvalue weighted by Crippen LogP contribution is -2.33. The first-order valence-electron chi connectivity index (χ1n) is 6.86. The average molecular weight is 234 g/mol. The topological polar surface area (TPSA) is 34.1 Å². The van der Waals surface area contributed by atoms with E-state index in [4.69, 9.17) is 0 Å². The van der Waals surface area contributed by atoms with Crippen LogP contribution in [-0.4, -0.2) is 12.1 Å². The molecule has 4 atom stereocenters. The fraction of sp³-hybridized carbons (Fsp3) is 0.733. The summed E-state index contributed by atoms with van der Waals surface area (Å²) in [5.41, 5.74) is 0. The lowest BCUT2D eigenvalue weighted by atomic mass is 9.69. The molecule has 0 aliphatic heterocycles. The zero-order valence-corrected chi connectivity index (χ0v) is 10.6. The number of rotatable bonds is 5. The third-order valence-corrected chi connectivity index (χ3v) is 4.48. The van der Waals surface area contributed by atoms with Gasteiger partial charge < -0.3 is 4.79 Å². The van der Waals surface area contributed by atoms with Gasteiger partial charge >= 0.3 is 0 Å². The number of hydrogen-bond donors (Lipinski definition) is 0. The van der Waals surface area contributed by atoms with E-state index in [0.29, 0.717) is 30.0 Å². The SMILES string of the molecule is CC(=O)[C@H]1[C@@H]2CCC[C@H]2C=C[C@H]1CCCC=O. The van der Waals surface area contributed by atoms with Crippen molar-refractivity contribution in [3.8, 4) is 0 Å². The van der Waals surface area contributed by atoms with Gasteiger partial charge in [0.15, 0.2) is 0 Å². The second-order valence-corrected chi connectivity index (χ2v) is 5.54. The van der Waals surface area contributed by atoms with Crippen LogP contribution in [0.1, 0.15) is 45.4 Å². The van der Waals surface area contributed by atoms with Gasteiger partial charge in [-0.05, 0) is 50.4 Å². The van der Waals surface area contributed by atoms with Crippen molar-refractivity contribution in [3.05, 3.63) is 12.2 Å². The van der Waals surface area contributed by atoms with Crippen molar-refractivity contribution in [2.75, 3.05) is 0 Å². The average Bonchev–Trinajstić information content (AvgIpc) is 2.76. The molecule has 0 aromatic heterocycles. The number of ketones is 1. The van der Waals surface area contributed by atoms with Crippen molar-refractivity contribution >= 4 is 12.1 Å². The van der Waals surface area contributed by atoms with Crippen molar-refractivity contribution in [3.63, 3.8) is 0 Å². The molecule has 0 N–H and O–H groups in total. The fourth-order valence-electron chi connectivity index (χ4n) is 3.74. The highest BCUT2D eigenvalue weighted by Gasteiger charge is 2.40. The molecule has 2 rings (SSSR count). The summed E-state index contributed by atoms with van der Waals surface area (Å²) >= 11 is 0. The van der Waals surface area contributed by atoms with Gasteiger partial charge in [-0.25, -0.2) is 0 Å². The third-order valence-electron chi connectivity index (χ3n) is 4.48. The number of carbonyl (C=O) groups excluding carboxylic acids is 2. The van der Waals surface area contributed by atoms with E-state index in [1.165, 1.54) is 19.3 Å². The first kappa shape index (κ1) is 12.5. The number of Topliss-reactive ketones (excluding diaryl/α,β-unsaturated/α-hetero) is 1. The van der Waals surface area contributed by atoms with Gasteiger partial charge in [-0.2, -0.15) is 0 Å². The summed E-state index contributed by atoms with van der Waals surface area (Å²) in [7, 11) is 0. The van der Waals surface area contributed by atoms with E-state index < -0.39 is 0 Å². The molecule has 0 unspecified atom stereocenters. The molecule has 2 nitrogen and oxygen atoms in total. The zero-order valence-electron chi connectivity index (χ0n) is 10.6. The maximum atomic E-state index is 11.9. The molecule has 2 aliphatic carbocycles. The summed E-state index contributed by atoms with van der Waals surface area (Å²) in [5.74, 6) is 2.18. The molecule has 0 spiro atoms. The van der Waals surface area contributed by atoms with Crippen LogP contribution < -0.4 is 0 Å². The molecule has 0 radical (unpaired) electrons. The molecule has 17 heavy (non-hydrogen) atoms. The van der Waals surface area contributed by atoms with E-state index in [9.17, 15) is 9.59 Å². The monoisotopic (exact) mass is 234 g/mol. The minimum Gasteiger partial charge on any atom is -0.303 e. The van der Waals surface area contributed by atoms with E-state index in [1.54, 1.807) is 6.92 Å². The van der Waals surface area contributed by atoms with E-state index in [0.717, 1.165) is 19.1 Å². The van der Waals surface area contributed by atoms with E-state index in [1.807, 2.05) is 0 Å². The number of fused-ring (bicyclic) bond motifs is 1. The van der Waals surface area contributed by atoms with Gasteiger partial charge in [0.1, 0.15) is 12.1 Å². The van der Waals surface area contributed by atoms with Crippen LogP contribution in [0.5, 0.6) is 0 Å². The lowest BCUT2D eigenvalue weighted by molar-refractivity contribution is -0.124. The molecule has 0 aromatic rings. The number of carbonyl (C=O) groups is 2. The molecule has 0 heterocycles. The fourth-order valence-corrected chi connectivity index (χ4v) is 3.74. The van der Waals surface area contributed by atoms with Gasteiger partial charge in [0, 0.05) is 12.3 Å². The largest absolute Gasteiger partial charge is 0.303 e. The predicted octanol–water partition coefficient (Wildman–Crippen LogP) is 3.16. The summed E-state index contributed by atoms with van der Waals surface area (Å²) in [4.78, 5) is 22.2. The van der Waals surface area contributed by atoms with Crippen molar-refractivity contribution in [2.45, 2.75) is 45.4 Å². The Morgan fingerprint density at radius 2 is 2.18 bits per heavy atom. The zero-order chi connectivity index (χ0) is 12.3. The second kappa shape index (κ2) is 5.61. The van der Waals surface area contributed by atoms with Crippen LogP contribution in [-0.2, 0) is 9.59 Å². The Morgan fingerprint density at radius 1 is 1.35 bits per heavy atom. The Morgan fingerprint density at radius 3 is 2.88 bits per heavy atom. The number of hydrogen-bond acceptors (Lipinski definition) is 2.